The predicted octanol–water partition coefficient (Wildman–Crippen LogP) is 5.24. The van der Waals surface area contributed by atoms with Gasteiger partial charge in [-0.25, -0.2) is 0 Å². The predicted molar refractivity (Wildman–Crippen MR) is 90.5 cm³/mol. The Morgan fingerprint density at radius 1 is 1.10 bits per heavy atom. The van der Waals surface area contributed by atoms with Gasteiger partial charge < -0.3 is 10.1 Å². The quantitative estimate of drug-likeness (QED) is 0.676. The Balaban J connectivity index is 2.33. The molecule has 2 aromatic rings. The first-order valence-corrected chi connectivity index (χ1v) is 7.99. The van der Waals surface area contributed by atoms with Crippen molar-refractivity contribution in [2.24, 2.45) is 0 Å². The number of hydrogen-bond acceptors (Lipinski definition) is 2. The first-order chi connectivity index (χ1) is 9.52. The molecule has 0 heterocycles. The van der Waals surface area contributed by atoms with Crippen LogP contribution in [0.3, 0.4) is 0 Å². The van der Waals surface area contributed by atoms with Crippen molar-refractivity contribution in [1.29, 1.82) is 0 Å². The van der Waals surface area contributed by atoms with E-state index in [1.807, 2.05) is 18.2 Å². The van der Waals surface area contributed by atoms with Crippen LogP contribution in [0, 0.1) is 0 Å². The summed E-state index contributed by atoms with van der Waals surface area (Å²) in [5, 5.41) is 2.86. The van der Waals surface area contributed by atoms with Crippen LogP contribution >= 0.6 is 47.8 Å². The van der Waals surface area contributed by atoms with E-state index in [2.05, 4.69) is 53.1 Å². The monoisotopic (exact) mass is 461 g/mol. The van der Waals surface area contributed by atoms with E-state index in [-0.39, 0.29) is 5.91 Å². The van der Waals surface area contributed by atoms with E-state index in [9.17, 15) is 4.79 Å². The van der Waals surface area contributed by atoms with E-state index in [0.29, 0.717) is 17.0 Å². The molecule has 0 aromatic heterocycles. The second-order valence-electron chi connectivity index (χ2n) is 3.90. The smallest absolute Gasteiger partial charge is 0.259 e. The molecule has 0 unspecified atom stereocenters. The molecule has 2 aromatic carbocycles. The average molecular weight is 464 g/mol. The van der Waals surface area contributed by atoms with Crippen molar-refractivity contribution in [3.63, 3.8) is 0 Å². The van der Waals surface area contributed by atoms with Crippen molar-refractivity contribution in [2.75, 3.05) is 12.4 Å². The molecule has 0 aliphatic carbocycles. The maximum absolute atomic E-state index is 12.3. The number of carbonyl (C=O) groups is 1. The summed E-state index contributed by atoms with van der Waals surface area (Å²) in [5.74, 6) is 0.306. The molecule has 0 radical (unpaired) electrons. The Kier molecular flexibility index (Phi) is 5.23. The van der Waals surface area contributed by atoms with Crippen molar-refractivity contribution < 1.29 is 9.53 Å². The lowest BCUT2D eigenvalue weighted by molar-refractivity contribution is 0.102. The molecule has 3 nitrogen and oxygen atoms in total. The second kappa shape index (κ2) is 6.74. The van der Waals surface area contributed by atoms with Crippen LogP contribution in [0.4, 0.5) is 5.69 Å². The van der Waals surface area contributed by atoms with Crippen LogP contribution in [-0.2, 0) is 0 Å². The van der Waals surface area contributed by atoms with Gasteiger partial charge in [-0.1, -0.05) is 28.1 Å². The third-order valence-electron chi connectivity index (χ3n) is 2.60. The minimum Gasteiger partial charge on any atom is -0.496 e. The summed E-state index contributed by atoms with van der Waals surface area (Å²) >= 11 is 10.2. The highest BCUT2D eigenvalue weighted by Gasteiger charge is 2.15. The van der Waals surface area contributed by atoms with Gasteiger partial charge in [-0.2, -0.15) is 0 Å². The first-order valence-electron chi connectivity index (χ1n) is 5.62. The molecule has 0 bridgehead atoms. The van der Waals surface area contributed by atoms with Crippen LogP contribution < -0.4 is 10.1 Å². The number of hydrogen-bond donors (Lipinski definition) is 1. The molecule has 0 saturated carbocycles. The lowest BCUT2D eigenvalue weighted by atomic mass is 10.2. The Morgan fingerprint density at radius 2 is 1.70 bits per heavy atom. The number of para-hydroxylation sites is 1. The molecule has 0 atom stereocenters. The van der Waals surface area contributed by atoms with Gasteiger partial charge in [-0.05, 0) is 56.1 Å². The van der Waals surface area contributed by atoms with Gasteiger partial charge in [0.15, 0.2) is 0 Å². The summed E-state index contributed by atoms with van der Waals surface area (Å²) in [6.45, 7) is 0. The summed E-state index contributed by atoms with van der Waals surface area (Å²) in [6.07, 6.45) is 0. The SMILES string of the molecule is COc1ccccc1C(=O)Nc1c(Br)cc(Br)cc1Br. The molecule has 1 amide bonds. The van der Waals surface area contributed by atoms with Crippen molar-refractivity contribution in [2.45, 2.75) is 0 Å². The summed E-state index contributed by atoms with van der Waals surface area (Å²) in [4.78, 5) is 12.3. The Morgan fingerprint density at radius 3 is 2.30 bits per heavy atom. The zero-order valence-corrected chi connectivity index (χ0v) is 15.2. The van der Waals surface area contributed by atoms with Crippen LogP contribution in [0.1, 0.15) is 10.4 Å². The lowest BCUT2D eigenvalue weighted by Crippen LogP contribution is -2.14. The third-order valence-corrected chi connectivity index (χ3v) is 4.31. The largest absolute Gasteiger partial charge is 0.496 e. The number of amides is 1. The van der Waals surface area contributed by atoms with E-state index in [4.69, 9.17) is 4.74 Å². The molecular weight excluding hydrogens is 454 g/mol. The highest BCUT2D eigenvalue weighted by molar-refractivity contribution is 9.11. The molecule has 1 N–H and O–H groups in total. The highest BCUT2D eigenvalue weighted by Crippen LogP contribution is 2.35. The first kappa shape index (κ1) is 15.5. The molecule has 0 fully saturated rings. The number of anilines is 1. The van der Waals surface area contributed by atoms with E-state index in [0.717, 1.165) is 13.4 Å². The standard InChI is InChI=1S/C14H10Br3NO2/c1-20-12-5-3-2-4-9(12)14(19)18-13-10(16)6-8(15)7-11(13)17/h2-7H,1H3,(H,18,19). The maximum atomic E-state index is 12.3. The minimum atomic E-state index is -0.230. The summed E-state index contributed by atoms with van der Waals surface area (Å²) in [6, 6.07) is 10.8. The second-order valence-corrected chi connectivity index (χ2v) is 6.52. The Bertz CT molecular complexity index is 636. The van der Waals surface area contributed by atoms with Crippen LogP contribution in [0.15, 0.2) is 49.8 Å². The molecule has 6 heteroatoms. The maximum Gasteiger partial charge on any atom is 0.259 e. The van der Waals surface area contributed by atoms with Crippen LogP contribution in [-0.4, -0.2) is 13.0 Å². The van der Waals surface area contributed by atoms with Gasteiger partial charge in [0, 0.05) is 13.4 Å². The molecule has 2 rings (SSSR count). The van der Waals surface area contributed by atoms with E-state index >= 15 is 0 Å². The van der Waals surface area contributed by atoms with Crippen molar-refractivity contribution in [1.82, 2.24) is 0 Å². The van der Waals surface area contributed by atoms with Crippen LogP contribution in [0.2, 0.25) is 0 Å². The van der Waals surface area contributed by atoms with Gasteiger partial charge in [-0.3, -0.25) is 4.79 Å². The van der Waals surface area contributed by atoms with Crippen molar-refractivity contribution in [3.8, 4) is 5.75 Å². The van der Waals surface area contributed by atoms with E-state index in [1.54, 1.807) is 18.2 Å². The Hall–Kier alpha value is -0.850. The molecule has 0 aliphatic heterocycles. The van der Waals surface area contributed by atoms with Gasteiger partial charge in [0.1, 0.15) is 5.75 Å². The number of ether oxygens (including phenoxy) is 1. The fourth-order valence-electron chi connectivity index (χ4n) is 1.67. The van der Waals surface area contributed by atoms with Gasteiger partial charge >= 0.3 is 0 Å². The highest BCUT2D eigenvalue weighted by atomic mass is 79.9. The number of methoxy groups -OCH3 is 1. The average Bonchev–Trinajstić information content (AvgIpc) is 2.42. The normalized spacial score (nSPS) is 10.2. The zero-order chi connectivity index (χ0) is 14.7. The lowest BCUT2D eigenvalue weighted by Gasteiger charge is -2.12. The van der Waals surface area contributed by atoms with Crippen LogP contribution in [0.25, 0.3) is 0 Å². The van der Waals surface area contributed by atoms with Gasteiger partial charge in [0.2, 0.25) is 0 Å². The summed E-state index contributed by atoms with van der Waals surface area (Å²) < 4.78 is 7.66. The third kappa shape index (κ3) is 3.42. The molecule has 20 heavy (non-hydrogen) atoms. The van der Waals surface area contributed by atoms with Crippen molar-refractivity contribution >= 4 is 59.4 Å². The van der Waals surface area contributed by atoms with E-state index in [1.165, 1.54) is 7.11 Å². The molecule has 0 aliphatic rings. The Labute approximate surface area is 142 Å². The molecule has 0 spiro atoms. The van der Waals surface area contributed by atoms with Gasteiger partial charge in [0.25, 0.3) is 5.91 Å². The minimum absolute atomic E-state index is 0.230. The fraction of sp³-hybridized carbons (Fsp3) is 0.0714. The van der Waals surface area contributed by atoms with Crippen LogP contribution in [0.5, 0.6) is 5.75 Å². The van der Waals surface area contributed by atoms with Crippen molar-refractivity contribution in [3.05, 3.63) is 55.4 Å². The molecule has 0 saturated heterocycles. The number of benzene rings is 2. The summed E-state index contributed by atoms with van der Waals surface area (Å²) in [5.41, 5.74) is 1.15. The summed E-state index contributed by atoms with van der Waals surface area (Å²) in [7, 11) is 1.54. The fourth-order valence-corrected chi connectivity index (χ4v) is 4.13. The topological polar surface area (TPSA) is 38.3 Å². The number of rotatable bonds is 3. The number of carbonyl (C=O) groups excluding carboxylic acids is 1. The number of nitrogens with one attached hydrogen (secondary N) is 1. The van der Waals surface area contributed by atoms with E-state index < -0.39 is 0 Å². The zero-order valence-electron chi connectivity index (χ0n) is 10.4. The van der Waals surface area contributed by atoms with Gasteiger partial charge in [0.05, 0.1) is 18.4 Å². The molecule has 104 valence electrons. The van der Waals surface area contributed by atoms with Gasteiger partial charge in [-0.15, -0.1) is 0 Å². The molecular formula is C14H10Br3NO2. The number of halogens is 3.